The van der Waals surface area contributed by atoms with Gasteiger partial charge < -0.3 is 4.74 Å². The molecule has 0 N–H and O–H groups in total. The zero-order valence-corrected chi connectivity index (χ0v) is 7.55. The Balaban J connectivity index is 2.29. The lowest BCUT2D eigenvalue weighted by atomic mass is 10.2. The number of hydrogen-bond donors (Lipinski definition) is 0. The Morgan fingerprint density at radius 3 is 2.36 bits per heavy atom. The fourth-order valence-electron chi connectivity index (χ4n) is 1.00. The molecule has 0 atom stereocenters. The zero-order valence-electron chi connectivity index (χ0n) is 7.55. The van der Waals surface area contributed by atoms with Gasteiger partial charge in [0.2, 0.25) is 0 Å². The van der Waals surface area contributed by atoms with Gasteiger partial charge in [0.1, 0.15) is 0 Å². The molecular formula is C10H11F3O. The predicted octanol–water partition coefficient (Wildman–Crippen LogP) is 2.81. The lowest BCUT2D eigenvalue weighted by Gasteiger charge is -2.12. The summed E-state index contributed by atoms with van der Waals surface area (Å²) in [5.74, 6) is 0. The molecule has 0 bridgehead atoms. The van der Waals surface area contributed by atoms with Crippen LogP contribution in [-0.2, 0) is 11.2 Å². The van der Waals surface area contributed by atoms with E-state index in [0.29, 0.717) is 6.42 Å². The first-order valence-electron chi connectivity index (χ1n) is 4.26. The van der Waals surface area contributed by atoms with E-state index in [1.807, 2.05) is 18.2 Å². The van der Waals surface area contributed by atoms with Crippen LogP contribution in [0.2, 0.25) is 0 Å². The first-order valence-corrected chi connectivity index (χ1v) is 4.26. The lowest BCUT2D eigenvalue weighted by Crippen LogP contribution is -2.24. The van der Waals surface area contributed by atoms with Crippen LogP contribution in [0.5, 0.6) is 0 Å². The number of benzene rings is 1. The molecule has 0 aromatic heterocycles. The fraction of sp³-hybridized carbons (Fsp3) is 0.400. The Hall–Kier alpha value is -1.03. The van der Waals surface area contributed by atoms with Crippen LogP contribution in [0.1, 0.15) is 5.56 Å². The number of hydrogen-bond acceptors (Lipinski definition) is 1. The third-order valence-corrected chi connectivity index (χ3v) is 1.70. The van der Waals surface area contributed by atoms with Gasteiger partial charge in [-0.2, -0.15) is 8.78 Å². The summed E-state index contributed by atoms with van der Waals surface area (Å²) in [7, 11) is 0. The summed E-state index contributed by atoms with van der Waals surface area (Å²) in [5.41, 5.74) is 0.891. The van der Waals surface area contributed by atoms with Crippen molar-refractivity contribution in [2.45, 2.75) is 12.5 Å². The smallest absolute Gasteiger partial charge is 0.318 e. The molecule has 1 rings (SSSR count). The maximum Gasteiger partial charge on any atom is 0.384 e. The average Bonchev–Trinajstić information content (AvgIpc) is 2.19. The van der Waals surface area contributed by atoms with Gasteiger partial charge in [-0.3, -0.25) is 0 Å². The summed E-state index contributed by atoms with van der Waals surface area (Å²) in [5, 5.41) is 0. The van der Waals surface area contributed by atoms with Gasteiger partial charge in [0.05, 0.1) is 6.61 Å². The molecule has 1 aromatic rings. The summed E-state index contributed by atoms with van der Waals surface area (Å²) in [6.07, 6.45) is -3.29. The van der Waals surface area contributed by atoms with Gasteiger partial charge in [-0.25, -0.2) is 4.39 Å². The number of rotatable bonds is 5. The molecule has 0 saturated carbocycles. The number of halogens is 3. The van der Waals surface area contributed by atoms with E-state index < -0.39 is 12.8 Å². The Morgan fingerprint density at radius 2 is 1.79 bits per heavy atom. The fourth-order valence-corrected chi connectivity index (χ4v) is 1.00. The quantitative estimate of drug-likeness (QED) is 0.716. The van der Waals surface area contributed by atoms with E-state index in [1.165, 1.54) is 0 Å². The highest BCUT2D eigenvalue weighted by atomic mass is 19.3. The van der Waals surface area contributed by atoms with Gasteiger partial charge in [-0.15, -0.1) is 0 Å². The normalized spacial score (nSPS) is 11.6. The van der Waals surface area contributed by atoms with Crippen LogP contribution in [0.15, 0.2) is 30.3 Å². The van der Waals surface area contributed by atoms with Crippen molar-refractivity contribution >= 4 is 0 Å². The van der Waals surface area contributed by atoms with Crippen molar-refractivity contribution < 1.29 is 17.9 Å². The van der Waals surface area contributed by atoms with Crippen molar-refractivity contribution in [1.82, 2.24) is 0 Å². The second-order valence-corrected chi connectivity index (χ2v) is 2.86. The lowest BCUT2D eigenvalue weighted by molar-refractivity contribution is -0.245. The molecule has 1 nitrogen and oxygen atoms in total. The summed E-state index contributed by atoms with van der Waals surface area (Å²) in [6, 6.07) is 9.06. The molecule has 0 unspecified atom stereocenters. The van der Waals surface area contributed by atoms with Crippen LogP contribution in [0.25, 0.3) is 0 Å². The van der Waals surface area contributed by atoms with Crippen LogP contribution in [-0.4, -0.2) is 19.4 Å². The van der Waals surface area contributed by atoms with Crippen molar-refractivity contribution in [3.05, 3.63) is 35.9 Å². The van der Waals surface area contributed by atoms with E-state index in [2.05, 4.69) is 4.74 Å². The van der Waals surface area contributed by atoms with E-state index in [9.17, 15) is 13.2 Å². The van der Waals surface area contributed by atoms with Crippen LogP contribution in [0, 0.1) is 0 Å². The van der Waals surface area contributed by atoms with Gasteiger partial charge in [0.15, 0.2) is 6.67 Å². The minimum atomic E-state index is -3.64. The maximum absolute atomic E-state index is 12.3. The van der Waals surface area contributed by atoms with Gasteiger partial charge in [0, 0.05) is 0 Å². The van der Waals surface area contributed by atoms with Gasteiger partial charge in [-0.05, 0) is 12.0 Å². The molecule has 0 saturated heterocycles. The summed E-state index contributed by atoms with van der Waals surface area (Å²) >= 11 is 0. The highest BCUT2D eigenvalue weighted by Crippen LogP contribution is 2.15. The minimum Gasteiger partial charge on any atom is -0.318 e. The van der Waals surface area contributed by atoms with Gasteiger partial charge in [0.25, 0.3) is 0 Å². The molecular weight excluding hydrogens is 193 g/mol. The molecule has 0 amide bonds. The first-order chi connectivity index (χ1) is 6.64. The largest absolute Gasteiger partial charge is 0.384 e. The molecule has 0 fully saturated rings. The third kappa shape index (κ3) is 3.79. The van der Waals surface area contributed by atoms with Gasteiger partial charge >= 0.3 is 6.11 Å². The molecule has 0 radical (unpaired) electrons. The number of ether oxygens (including phenoxy) is 1. The SMILES string of the molecule is FCC(F)(F)OCCc1ccccc1. The topological polar surface area (TPSA) is 9.23 Å². The molecule has 0 spiro atoms. The molecule has 0 aliphatic heterocycles. The molecule has 0 heterocycles. The predicted molar refractivity (Wildman–Crippen MR) is 47.0 cm³/mol. The van der Waals surface area contributed by atoms with E-state index in [-0.39, 0.29) is 6.61 Å². The molecule has 14 heavy (non-hydrogen) atoms. The van der Waals surface area contributed by atoms with Crippen LogP contribution < -0.4 is 0 Å². The Kier molecular flexibility index (Phi) is 3.95. The molecule has 0 aliphatic carbocycles. The average molecular weight is 204 g/mol. The molecule has 1 aromatic carbocycles. The Labute approximate surface area is 80.5 Å². The van der Waals surface area contributed by atoms with Crippen molar-refractivity contribution in [1.29, 1.82) is 0 Å². The third-order valence-electron chi connectivity index (χ3n) is 1.70. The van der Waals surface area contributed by atoms with Crippen molar-refractivity contribution in [2.75, 3.05) is 13.3 Å². The second kappa shape index (κ2) is 5.00. The highest BCUT2D eigenvalue weighted by Gasteiger charge is 2.29. The standard InChI is InChI=1S/C10H11F3O/c11-8-10(12,13)14-7-6-9-4-2-1-3-5-9/h1-5H,6-8H2. The van der Waals surface area contributed by atoms with E-state index in [1.54, 1.807) is 12.1 Å². The van der Waals surface area contributed by atoms with Crippen molar-refractivity contribution in [3.63, 3.8) is 0 Å². The summed E-state index contributed by atoms with van der Waals surface area (Å²) in [6.45, 7) is -1.96. The minimum absolute atomic E-state index is 0.180. The second-order valence-electron chi connectivity index (χ2n) is 2.86. The maximum atomic E-state index is 12.3. The Bertz CT molecular complexity index is 261. The zero-order chi connectivity index (χ0) is 10.4. The number of alkyl halides is 3. The van der Waals surface area contributed by atoms with Gasteiger partial charge in [-0.1, -0.05) is 30.3 Å². The van der Waals surface area contributed by atoms with Crippen molar-refractivity contribution in [3.8, 4) is 0 Å². The van der Waals surface area contributed by atoms with Crippen LogP contribution >= 0.6 is 0 Å². The van der Waals surface area contributed by atoms with Crippen LogP contribution in [0.3, 0.4) is 0 Å². The highest BCUT2D eigenvalue weighted by molar-refractivity contribution is 5.14. The van der Waals surface area contributed by atoms with E-state index in [0.717, 1.165) is 5.56 Å². The van der Waals surface area contributed by atoms with Crippen LogP contribution in [0.4, 0.5) is 13.2 Å². The molecule has 0 aliphatic rings. The molecule has 4 heteroatoms. The van der Waals surface area contributed by atoms with E-state index >= 15 is 0 Å². The van der Waals surface area contributed by atoms with Crippen molar-refractivity contribution in [2.24, 2.45) is 0 Å². The Morgan fingerprint density at radius 1 is 1.14 bits per heavy atom. The monoisotopic (exact) mass is 204 g/mol. The summed E-state index contributed by atoms with van der Waals surface area (Å²) in [4.78, 5) is 0. The van der Waals surface area contributed by atoms with E-state index in [4.69, 9.17) is 0 Å². The summed E-state index contributed by atoms with van der Waals surface area (Å²) < 4.78 is 40.2. The first kappa shape index (κ1) is 11.0. The molecule has 78 valence electrons.